The van der Waals surface area contributed by atoms with Crippen LogP contribution in [0, 0.1) is 5.82 Å². The van der Waals surface area contributed by atoms with Crippen LogP contribution in [0.2, 0.25) is 5.02 Å². The topological polar surface area (TPSA) is 26.3 Å². The molecule has 20 heavy (non-hydrogen) atoms. The Morgan fingerprint density at radius 2 is 2.05 bits per heavy atom. The van der Waals surface area contributed by atoms with Gasteiger partial charge in [-0.05, 0) is 35.9 Å². The van der Waals surface area contributed by atoms with Gasteiger partial charge in [-0.15, -0.1) is 0 Å². The highest BCUT2D eigenvalue weighted by Crippen LogP contribution is 2.36. The van der Waals surface area contributed by atoms with Crippen molar-refractivity contribution in [2.75, 3.05) is 0 Å². The molecule has 102 valence electrons. The molecule has 1 atom stereocenters. The number of rotatable bonds is 1. The molecule has 2 nitrogen and oxygen atoms in total. The molecular formula is C15H9BrClFO2. The minimum Gasteiger partial charge on any atom is -0.484 e. The maximum atomic E-state index is 13.2. The van der Waals surface area contributed by atoms with Gasteiger partial charge in [0.25, 0.3) is 0 Å². The van der Waals surface area contributed by atoms with Crippen molar-refractivity contribution in [2.24, 2.45) is 0 Å². The number of hydrogen-bond acceptors (Lipinski definition) is 2. The third-order valence-electron chi connectivity index (χ3n) is 3.20. The molecule has 1 aliphatic heterocycles. The summed E-state index contributed by atoms with van der Waals surface area (Å²) in [6.07, 6.45) is -0.222. The number of ether oxygens (including phenoxy) is 1. The van der Waals surface area contributed by atoms with E-state index >= 15 is 0 Å². The maximum absolute atomic E-state index is 13.2. The lowest BCUT2D eigenvalue weighted by Crippen LogP contribution is -2.20. The molecule has 1 heterocycles. The molecule has 0 bridgehead atoms. The first kappa shape index (κ1) is 13.6. The third-order valence-corrected chi connectivity index (χ3v) is 3.98. The highest BCUT2D eigenvalue weighted by Gasteiger charge is 2.28. The third kappa shape index (κ3) is 2.45. The zero-order chi connectivity index (χ0) is 14.3. The van der Waals surface area contributed by atoms with Gasteiger partial charge < -0.3 is 4.74 Å². The highest BCUT2D eigenvalue weighted by molar-refractivity contribution is 9.10. The van der Waals surface area contributed by atoms with Crippen molar-refractivity contribution in [3.63, 3.8) is 0 Å². The van der Waals surface area contributed by atoms with Gasteiger partial charge in [0.15, 0.2) is 5.78 Å². The number of Topliss-reactive ketones (excluding diaryl/α,β-unsaturated/α-hetero) is 1. The first-order valence-corrected chi connectivity index (χ1v) is 7.16. The Hall–Kier alpha value is -1.39. The SMILES string of the molecule is O=C1CC(c2ccc(F)c(Cl)c2)Oc2ccc(Br)cc21. The fourth-order valence-electron chi connectivity index (χ4n) is 2.19. The van der Waals surface area contributed by atoms with E-state index in [2.05, 4.69) is 15.9 Å². The number of ketones is 1. The Labute approximate surface area is 128 Å². The first-order chi connectivity index (χ1) is 9.54. The van der Waals surface area contributed by atoms with Gasteiger partial charge >= 0.3 is 0 Å². The zero-order valence-electron chi connectivity index (χ0n) is 10.2. The molecule has 2 aromatic rings. The quantitative estimate of drug-likeness (QED) is 0.723. The monoisotopic (exact) mass is 354 g/mol. The Balaban J connectivity index is 1.97. The maximum Gasteiger partial charge on any atom is 0.170 e. The predicted octanol–water partition coefficient (Wildman–Crippen LogP) is 4.95. The van der Waals surface area contributed by atoms with E-state index in [1.165, 1.54) is 12.1 Å². The molecule has 0 spiro atoms. The van der Waals surface area contributed by atoms with E-state index < -0.39 is 11.9 Å². The molecular weight excluding hydrogens is 347 g/mol. The Morgan fingerprint density at radius 3 is 2.80 bits per heavy atom. The number of carbonyl (C=O) groups is 1. The van der Waals surface area contributed by atoms with Crippen LogP contribution in [0.3, 0.4) is 0 Å². The summed E-state index contributed by atoms with van der Waals surface area (Å²) >= 11 is 9.10. The molecule has 1 aliphatic rings. The van der Waals surface area contributed by atoms with E-state index in [1.807, 2.05) is 6.07 Å². The fourth-order valence-corrected chi connectivity index (χ4v) is 2.74. The number of fused-ring (bicyclic) bond motifs is 1. The van der Waals surface area contributed by atoms with Crippen LogP contribution in [0.4, 0.5) is 4.39 Å². The molecule has 0 aliphatic carbocycles. The van der Waals surface area contributed by atoms with Crippen LogP contribution >= 0.6 is 27.5 Å². The second kappa shape index (κ2) is 5.19. The normalized spacial score (nSPS) is 17.6. The van der Waals surface area contributed by atoms with Crippen LogP contribution in [-0.4, -0.2) is 5.78 Å². The van der Waals surface area contributed by atoms with Gasteiger partial charge in [0.1, 0.15) is 17.7 Å². The predicted molar refractivity (Wildman–Crippen MR) is 77.9 cm³/mol. The van der Waals surface area contributed by atoms with Crippen LogP contribution in [0.5, 0.6) is 5.75 Å². The first-order valence-electron chi connectivity index (χ1n) is 5.99. The Kier molecular flexibility index (Phi) is 3.52. The second-order valence-electron chi connectivity index (χ2n) is 4.55. The number of carbonyl (C=O) groups excluding carboxylic acids is 1. The minimum atomic E-state index is -0.484. The van der Waals surface area contributed by atoms with Crippen molar-refractivity contribution in [1.29, 1.82) is 0 Å². The Bertz CT molecular complexity index is 702. The van der Waals surface area contributed by atoms with Crippen LogP contribution < -0.4 is 4.74 Å². The summed E-state index contributed by atoms with van der Waals surface area (Å²) in [6, 6.07) is 9.66. The fraction of sp³-hybridized carbons (Fsp3) is 0.133. The summed E-state index contributed by atoms with van der Waals surface area (Å²) in [5.41, 5.74) is 1.25. The average molecular weight is 356 g/mol. The number of halogens is 3. The summed E-state index contributed by atoms with van der Waals surface area (Å²) < 4.78 is 19.8. The van der Waals surface area contributed by atoms with Crippen LogP contribution in [-0.2, 0) is 0 Å². The van der Waals surface area contributed by atoms with E-state index in [0.717, 1.165) is 4.47 Å². The van der Waals surface area contributed by atoms with E-state index in [9.17, 15) is 9.18 Å². The largest absolute Gasteiger partial charge is 0.484 e. The number of hydrogen-bond donors (Lipinski definition) is 0. The zero-order valence-corrected chi connectivity index (χ0v) is 12.5. The van der Waals surface area contributed by atoms with Gasteiger partial charge in [-0.25, -0.2) is 4.39 Å². The van der Waals surface area contributed by atoms with E-state index in [1.54, 1.807) is 18.2 Å². The van der Waals surface area contributed by atoms with Crippen molar-refractivity contribution in [3.8, 4) is 5.75 Å². The summed E-state index contributed by atoms with van der Waals surface area (Å²) in [7, 11) is 0. The van der Waals surface area contributed by atoms with Crippen molar-refractivity contribution in [1.82, 2.24) is 0 Å². The molecule has 2 aromatic carbocycles. The highest BCUT2D eigenvalue weighted by atomic mass is 79.9. The van der Waals surface area contributed by atoms with Crippen molar-refractivity contribution in [3.05, 3.63) is 62.8 Å². The van der Waals surface area contributed by atoms with Gasteiger partial charge in [0, 0.05) is 4.47 Å². The van der Waals surface area contributed by atoms with E-state index in [0.29, 0.717) is 16.9 Å². The van der Waals surface area contributed by atoms with Crippen LogP contribution in [0.15, 0.2) is 40.9 Å². The van der Waals surface area contributed by atoms with Gasteiger partial charge in [-0.2, -0.15) is 0 Å². The molecule has 0 N–H and O–H groups in total. The molecule has 0 amide bonds. The molecule has 0 radical (unpaired) electrons. The van der Waals surface area contributed by atoms with Crippen molar-refractivity contribution < 1.29 is 13.9 Å². The molecule has 0 saturated heterocycles. The lowest BCUT2D eigenvalue weighted by Gasteiger charge is -2.25. The summed E-state index contributed by atoms with van der Waals surface area (Å²) in [6.45, 7) is 0. The summed E-state index contributed by atoms with van der Waals surface area (Å²) in [5, 5.41) is 0.0279. The lowest BCUT2D eigenvalue weighted by molar-refractivity contribution is 0.0850. The van der Waals surface area contributed by atoms with E-state index in [-0.39, 0.29) is 17.2 Å². The van der Waals surface area contributed by atoms with Crippen LogP contribution in [0.1, 0.15) is 28.4 Å². The molecule has 3 rings (SSSR count). The second-order valence-corrected chi connectivity index (χ2v) is 5.87. The average Bonchev–Trinajstić information content (AvgIpc) is 2.42. The van der Waals surface area contributed by atoms with E-state index in [4.69, 9.17) is 16.3 Å². The number of benzene rings is 2. The molecule has 0 fully saturated rings. The summed E-state index contributed by atoms with van der Waals surface area (Å²) in [4.78, 5) is 12.2. The lowest BCUT2D eigenvalue weighted by atomic mass is 9.96. The van der Waals surface area contributed by atoms with Crippen LogP contribution in [0.25, 0.3) is 0 Å². The smallest absolute Gasteiger partial charge is 0.170 e. The molecule has 0 aromatic heterocycles. The van der Waals surface area contributed by atoms with Crippen molar-refractivity contribution >= 4 is 33.3 Å². The van der Waals surface area contributed by atoms with Gasteiger partial charge in [0.05, 0.1) is 17.0 Å². The molecule has 0 saturated carbocycles. The van der Waals surface area contributed by atoms with Gasteiger partial charge in [-0.3, -0.25) is 4.79 Å². The molecule has 5 heteroatoms. The van der Waals surface area contributed by atoms with Gasteiger partial charge in [-0.1, -0.05) is 33.6 Å². The van der Waals surface area contributed by atoms with Gasteiger partial charge in [0.2, 0.25) is 0 Å². The standard InChI is InChI=1S/C15H9BrClFO2/c16-9-2-4-14-10(6-9)13(19)7-15(20-14)8-1-3-12(18)11(17)5-8/h1-6,15H,7H2. The molecule has 1 unspecified atom stereocenters. The Morgan fingerprint density at radius 1 is 1.25 bits per heavy atom. The summed E-state index contributed by atoms with van der Waals surface area (Å²) in [5.74, 6) is 0.0507. The minimum absolute atomic E-state index is 0.00185. The van der Waals surface area contributed by atoms with Crippen molar-refractivity contribution in [2.45, 2.75) is 12.5 Å².